The highest BCUT2D eigenvalue weighted by atomic mass is 19.1. The smallest absolute Gasteiger partial charge is 0.315 e. The molecule has 1 heterocycles. The molecule has 1 aromatic heterocycles. The van der Waals surface area contributed by atoms with Crippen molar-refractivity contribution in [2.45, 2.75) is 19.6 Å². The van der Waals surface area contributed by atoms with Gasteiger partial charge in [-0.15, -0.1) is 0 Å². The van der Waals surface area contributed by atoms with Crippen LogP contribution in [0.4, 0.5) is 9.18 Å². The van der Waals surface area contributed by atoms with Crippen LogP contribution in [0.5, 0.6) is 0 Å². The van der Waals surface area contributed by atoms with Crippen LogP contribution in [0.3, 0.4) is 0 Å². The summed E-state index contributed by atoms with van der Waals surface area (Å²) in [5.74, 6) is 0.788. The summed E-state index contributed by atoms with van der Waals surface area (Å²) in [6, 6.07) is 8.84. The zero-order valence-electron chi connectivity index (χ0n) is 11.6. The Hall–Kier alpha value is -2.34. The third-order valence-electron chi connectivity index (χ3n) is 2.91. The number of hydrogen-bond acceptors (Lipinski definition) is 3. The fourth-order valence-electron chi connectivity index (χ4n) is 1.77. The lowest BCUT2D eigenvalue weighted by Gasteiger charge is -2.11. The summed E-state index contributed by atoms with van der Waals surface area (Å²) in [5, 5.41) is 15.0. The van der Waals surface area contributed by atoms with Crippen LogP contribution in [0.25, 0.3) is 0 Å². The van der Waals surface area contributed by atoms with Crippen LogP contribution in [0.1, 0.15) is 23.2 Å². The first kappa shape index (κ1) is 15.1. The molecule has 0 saturated heterocycles. The number of benzene rings is 1. The van der Waals surface area contributed by atoms with Crippen LogP contribution in [-0.4, -0.2) is 17.7 Å². The van der Waals surface area contributed by atoms with Crippen molar-refractivity contribution >= 4 is 6.03 Å². The topological polar surface area (TPSA) is 74.5 Å². The summed E-state index contributed by atoms with van der Waals surface area (Å²) in [5.41, 5.74) is 0.786. The number of nitrogens with one attached hydrogen (secondary N) is 2. The Morgan fingerprint density at radius 1 is 1.24 bits per heavy atom. The van der Waals surface area contributed by atoms with Crippen molar-refractivity contribution in [1.82, 2.24) is 10.6 Å². The van der Waals surface area contributed by atoms with Gasteiger partial charge in [-0.05, 0) is 36.8 Å². The predicted octanol–water partition coefficient (Wildman–Crippen LogP) is 2.26. The van der Waals surface area contributed by atoms with Crippen LogP contribution < -0.4 is 10.6 Å². The summed E-state index contributed by atoms with van der Waals surface area (Å²) >= 11 is 0. The molecule has 0 radical (unpaired) electrons. The minimum atomic E-state index is -0.893. The van der Waals surface area contributed by atoms with E-state index in [4.69, 9.17) is 4.42 Å². The number of amides is 2. The predicted molar refractivity (Wildman–Crippen MR) is 75.0 cm³/mol. The lowest BCUT2D eigenvalue weighted by atomic mass is 10.2. The summed E-state index contributed by atoms with van der Waals surface area (Å²) in [6.45, 7) is 2.10. The number of halogens is 1. The highest BCUT2D eigenvalue weighted by Crippen LogP contribution is 2.14. The van der Waals surface area contributed by atoms with Crippen LogP contribution >= 0.6 is 0 Å². The molecule has 2 rings (SSSR count). The molecule has 6 heteroatoms. The fraction of sp³-hybridized carbons (Fsp3) is 0.267. The third kappa shape index (κ3) is 4.61. The van der Waals surface area contributed by atoms with E-state index in [1.807, 2.05) is 0 Å². The Balaban J connectivity index is 1.73. The molecule has 112 valence electrons. The van der Waals surface area contributed by atoms with E-state index in [0.29, 0.717) is 11.5 Å². The molecule has 2 amide bonds. The Kier molecular flexibility index (Phi) is 4.94. The van der Waals surface area contributed by atoms with E-state index in [1.165, 1.54) is 12.1 Å². The van der Waals surface area contributed by atoms with Gasteiger partial charge in [-0.25, -0.2) is 9.18 Å². The van der Waals surface area contributed by atoms with E-state index in [2.05, 4.69) is 10.6 Å². The van der Waals surface area contributed by atoms with Crippen molar-refractivity contribution in [3.63, 3.8) is 0 Å². The number of carbonyl (C=O) groups excluding carboxylic acids is 1. The summed E-state index contributed by atoms with van der Waals surface area (Å²) in [6.07, 6.45) is -0.893. The quantitative estimate of drug-likeness (QED) is 0.791. The molecule has 0 saturated carbocycles. The Morgan fingerprint density at radius 3 is 2.57 bits per heavy atom. The van der Waals surface area contributed by atoms with Crippen molar-refractivity contribution in [2.75, 3.05) is 6.54 Å². The van der Waals surface area contributed by atoms with Gasteiger partial charge in [-0.1, -0.05) is 12.1 Å². The molecule has 2 aromatic rings. The molecule has 0 aliphatic rings. The molecule has 3 N–H and O–H groups in total. The van der Waals surface area contributed by atoms with Gasteiger partial charge >= 0.3 is 6.03 Å². The maximum Gasteiger partial charge on any atom is 0.315 e. The van der Waals surface area contributed by atoms with Gasteiger partial charge in [0.2, 0.25) is 0 Å². The van der Waals surface area contributed by atoms with Gasteiger partial charge in [0.05, 0.1) is 6.54 Å². The first-order chi connectivity index (χ1) is 10.0. The van der Waals surface area contributed by atoms with Gasteiger partial charge in [0.15, 0.2) is 0 Å². The third-order valence-corrected chi connectivity index (χ3v) is 2.91. The lowest BCUT2D eigenvalue weighted by Crippen LogP contribution is -2.37. The van der Waals surface area contributed by atoms with Gasteiger partial charge in [-0.2, -0.15) is 0 Å². The summed E-state index contributed by atoms with van der Waals surface area (Å²) in [7, 11) is 0. The second kappa shape index (κ2) is 6.90. The molecular formula is C15H17FN2O3. The molecule has 0 aliphatic carbocycles. The summed E-state index contributed by atoms with van der Waals surface area (Å²) < 4.78 is 18.0. The van der Waals surface area contributed by atoms with Crippen molar-refractivity contribution in [3.8, 4) is 0 Å². The van der Waals surface area contributed by atoms with Gasteiger partial charge in [-0.3, -0.25) is 0 Å². The van der Waals surface area contributed by atoms with Crippen LogP contribution in [-0.2, 0) is 6.54 Å². The monoisotopic (exact) mass is 292 g/mol. The Labute approximate surface area is 121 Å². The molecule has 5 nitrogen and oxygen atoms in total. The number of furan rings is 1. The molecule has 21 heavy (non-hydrogen) atoms. The van der Waals surface area contributed by atoms with Gasteiger partial charge in [0.25, 0.3) is 0 Å². The Morgan fingerprint density at radius 2 is 1.95 bits per heavy atom. The van der Waals surface area contributed by atoms with Crippen molar-refractivity contribution < 1.29 is 18.7 Å². The van der Waals surface area contributed by atoms with E-state index in [0.717, 1.165) is 5.56 Å². The first-order valence-electron chi connectivity index (χ1n) is 6.55. The van der Waals surface area contributed by atoms with Crippen molar-refractivity contribution in [1.29, 1.82) is 0 Å². The Bertz CT molecular complexity index is 595. The van der Waals surface area contributed by atoms with Crippen molar-refractivity contribution in [3.05, 3.63) is 59.3 Å². The second-order valence-corrected chi connectivity index (χ2v) is 4.65. The average Bonchev–Trinajstić information content (AvgIpc) is 2.91. The van der Waals surface area contributed by atoms with E-state index in [1.54, 1.807) is 31.2 Å². The SMILES string of the molecule is Cc1ccc([C@@H](O)CNC(=O)NCc2ccc(F)cc2)o1. The number of aliphatic hydroxyl groups excluding tert-OH is 1. The van der Waals surface area contributed by atoms with E-state index < -0.39 is 12.1 Å². The van der Waals surface area contributed by atoms with Crippen molar-refractivity contribution in [2.24, 2.45) is 0 Å². The highest BCUT2D eigenvalue weighted by molar-refractivity contribution is 5.73. The molecule has 0 spiro atoms. The maximum atomic E-state index is 12.7. The van der Waals surface area contributed by atoms with E-state index >= 15 is 0 Å². The normalized spacial score (nSPS) is 12.0. The van der Waals surface area contributed by atoms with E-state index in [-0.39, 0.29) is 18.9 Å². The molecule has 0 aliphatic heterocycles. The number of rotatable bonds is 5. The average molecular weight is 292 g/mol. The number of carbonyl (C=O) groups is 1. The molecule has 1 atom stereocenters. The van der Waals surface area contributed by atoms with E-state index in [9.17, 15) is 14.3 Å². The molecule has 0 fully saturated rings. The minimum Gasteiger partial charge on any atom is -0.464 e. The fourth-order valence-corrected chi connectivity index (χ4v) is 1.77. The van der Waals surface area contributed by atoms with Crippen LogP contribution in [0.2, 0.25) is 0 Å². The second-order valence-electron chi connectivity index (χ2n) is 4.65. The molecule has 0 unspecified atom stereocenters. The lowest BCUT2D eigenvalue weighted by molar-refractivity contribution is 0.146. The zero-order valence-corrected chi connectivity index (χ0v) is 11.6. The van der Waals surface area contributed by atoms with Crippen LogP contribution in [0, 0.1) is 12.7 Å². The number of urea groups is 1. The summed E-state index contributed by atoms with van der Waals surface area (Å²) in [4.78, 5) is 11.6. The van der Waals surface area contributed by atoms with Gasteiger partial charge in [0.1, 0.15) is 23.4 Å². The van der Waals surface area contributed by atoms with Crippen LogP contribution in [0.15, 0.2) is 40.8 Å². The first-order valence-corrected chi connectivity index (χ1v) is 6.55. The van der Waals surface area contributed by atoms with Gasteiger partial charge < -0.3 is 20.2 Å². The standard InChI is InChI=1S/C15H17FN2O3/c1-10-2-7-14(21-10)13(19)9-18-15(20)17-8-11-3-5-12(16)6-4-11/h2-7,13,19H,8-9H2,1H3,(H2,17,18,20)/t13-/m0/s1. The molecule has 1 aromatic carbocycles. The number of aryl methyl sites for hydroxylation is 1. The molecular weight excluding hydrogens is 275 g/mol. The largest absolute Gasteiger partial charge is 0.464 e. The maximum absolute atomic E-state index is 12.7. The minimum absolute atomic E-state index is 0.0439. The zero-order chi connectivity index (χ0) is 15.2. The number of hydrogen-bond donors (Lipinski definition) is 3. The highest BCUT2D eigenvalue weighted by Gasteiger charge is 2.12. The van der Waals surface area contributed by atoms with Gasteiger partial charge in [0, 0.05) is 6.54 Å². The number of aliphatic hydroxyl groups is 1. The molecule has 0 bridgehead atoms.